The summed E-state index contributed by atoms with van der Waals surface area (Å²) in [6.07, 6.45) is -3.46. The molecule has 0 spiro atoms. The van der Waals surface area contributed by atoms with Crippen molar-refractivity contribution in [1.82, 2.24) is 14.6 Å². The molecule has 1 atom stereocenters. The Morgan fingerprint density at radius 3 is 2.73 bits per heavy atom. The molecule has 1 aromatic heterocycles. The third-order valence-corrected chi connectivity index (χ3v) is 5.14. The molecule has 0 radical (unpaired) electrons. The predicted octanol–water partition coefficient (Wildman–Crippen LogP) is 1.01. The van der Waals surface area contributed by atoms with E-state index in [1.54, 1.807) is 6.92 Å². The lowest BCUT2D eigenvalue weighted by Gasteiger charge is -2.32. The molecule has 0 saturated carbocycles. The molecule has 1 saturated heterocycles. The summed E-state index contributed by atoms with van der Waals surface area (Å²) in [7, 11) is -3.72. The van der Waals surface area contributed by atoms with Crippen LogP contribution in [0.2, 0.25) is 0 Å². The zero-order chi connectivity index (χ0) is 16.4. The van der Waals surface area contributed by atoms with Crippen LogP contribution in [0.1, 0.15) is 6.92 Å². The molecule has 2 rings (SSSR count). The zero-order valence-corrected chi connectivity index (χ0v) is 12.6. The number of hydrogen-bond acceptors (Lipinski definition) is 5. The number of nitrogens with one attached hydrogen (secondary N) is 1. The van der Waals surface area contributed by atoms with E-state index in [2.05, 4.69) is 15.0 Å². The van der Waals surface area contributed by atoms with Crippen LogP contribution in [0.3, 0.4) is 0 Å². The number of rotatable bonds is 4. The molecule has 1 fully saturated rings. The Hall–Kier alpha value is -1.39. The van der Waals surface area contributed by atoms with Gasteiger partial charge in [-0.2, -0.15) is 17.5 Å². The van der Waals surface area contributed by atoms with Crippen LogP contribution >= 0.6 is 0 Å². The summed E-state index contributed by atoms with van der Waals surface area (Å²) in [5.41, 5.74) is 0. The van der Waals surface area contributed by atoms with E-state index in [1.165, 1.54) is 10.4 Å². The number of sulfonamides is 1. The molecule has 2 heterocycles. The number of nitrogens with zero attached hydrogens (tertiary/aromatic N) is 2. The van der Waals surface area contributed by atoms with Crippen LogP contribution in [-0.2, 0) is 10.0 Å². The van der Waals surface area contributed by atoms with E-state index in [4.69, 9.17) is 0 Å². The van der Waals surface area contributed by atoms with Gasteiger partial charge in [-0.25, -0.2) is 13.4 Å². The second kappa shape index (κ2) is 6.39. The summed E-state index contributed by atoms with van der Waals surface area (Å²) >= 11 is 0. The second-order valence-electron chi connectivity index (χ2n) is 4.90. The van der Waals surface area contributed by atoms with Gasteiger partial charge in [-0.15, -0.1) is 0 Å². The van der Waals surface area contributed by atoms with E-state index < -0.39 is 22.8 Å². The molecule has 1 aliphatic heterocycles. The van der Waals surface area contributed by atoms with Crippen LogP contribution in [-0.4, -0.2) is 56.2 Å². The van der Waals surface area contributed by atoms with Crippen molar-refractivity contribution in [3.8, 4) is 5.88 Å². The molecule has 22 heavy (non-hydrogen) atoms. The van der Waals surface area contributed by atoms with Gasteiger partial charge in [-0.05, 0) is 13.0 Å². The van der Waals surface area contributed by atoms with Crippen LogP contribution in [0.25, 0.3) is 0 Å². The van der Waals surface area contributed by atoms with Crippen LogP contribution in [0.4, 0.5) is 13.2 Å². The topological polar surface area (TPSA) is 71.5 Å². The van der Waals surface area contributed by atoms with Crippen molar-refractivity contribution in [2.24, 2.45) is 0 Å². The first-order valence-corrected chi connectivity index (χ1v) is 8.02. The van der Waals surface area contributed by atoms with Crippen LogP contribution in [0, 0.1) is 0 Å². The van der Waals surface area contributed by atoms with E-state index in [0.29, 0.717) is 19.6 Å². The minimum absolute atomic E-state index is 0.0689. The van der Waals surface area contributed by atoms with Gasteiger partial charge in [0.1, 0.15) is 4.90 Å². The molecule has 124 valence electrons. The summed E-state index contributed by atoms with van der Waals surface area (Å²) in [5, 5.41) is 3.08. The van der Waals surface area contributed by atoms with Crippen molar-refractivity contribution >= 4 is 10.0 Å². The van der Waals surface area contributed by atoms with Gasteiger partial charge in [0, 0.05) is 31.7 Å². The first-order chi connectivity index (χ1) is 10.2. The van der Waals surface area contributed by atoms with Gasteiger partial charge in [0.25, 0.3) is 0 Å². The van der Waals surface area contributed by atoms with Gasteiger partial charge >= 0.3 is 6.18 Å². The Balaban J connectivity index is 2.12. The monoisotopic (exact) mass is 339 g/mol. The maximum absolute atomic E-state index is 12.5. The number of pyridine rings is 1. The Morgan fingerprint density at radius 1 is 1.45 bits per heavy atom. The minimum atomic E-state index is -4.47. The van der Waals surface area contributed by atoms with Crippen molar-refractivity contribution in [2.75, 3.05) is 26.2 Å². The molecule has 1 N–H and O–H groups in total. The average molecular weight is 339 g/mol. The summed E-state index contributed by atoms with van der Waals surface area (Å²) in [4.78, 5) is 3.56. The van der Waals surface area contributed by atoms with Crippen LogP contribution < -0.4 is 10.1 Å². The Labute approximate surface area is 126 Å². The summed E-state index contributed by atoms with van der Waals surface area (Å²) in [6.45, 7) is 1.72. The highest BCUT2D eigenvalue weighted by atomic mass is 32.2. The fourth-order valence-electron chi connectivity index (χ4n) is 2.08. The number of ether oxygens (including phenoxy) is 1. The normalized spacial score (nSPS) is 20.8. The molecule has 10 heteroatoms. The van der Waals surface area contributed by atoms with E-state index in [1.807, 2.05) is 0 Å². The third-order valence-electron chi connectivity index (χ3n) is 3.14. The Kier molecular flexibility index (Phi) is 4.93. The minimum Gasteiger partial charge on any atom is -0.468 e. The van der Waals surface area contributed by atoms with E-state index in [9.17, 15) is 21.6 Å². The van der Waals surface area contributed by atoms with Crippen molar-refractivity contribution in [1.29, 1.82) is 0 Å². The first kappa shape index (κ1) is 17.0. The quantitative estimate of drug-likeness (QED) is 0.886. The third kappa shape index (κ3) is 4.08. The standard InChI is InChI=1S/C12H16F3N3O3S/c1-9-6-16-4-5-18(9)22(19,20)10-2-3-11(17-7-10)21-8-12(13,14)15/h2-3,7,9,16H,4-6,8H2,1H3/t9-/m0/s1. The van der Waals surface area contributed by atoms with Crippen molar-refractivity contribution in [3.05, 3.63) is 18.3 Å². The summed E-state index contributed by atoms with van der Waals surface area (Å²) < 4.78 is 66.8. The highest BCUT2D eigenvalue weighted by molar-refractivity contribution is 7.89. The molecule has 0 aliphatic carbocycles. The van der Waals surface area contributed by atoms with Gasteiger partial charge in [-0.1, -0.05) is 0 Å². The fraction of sp³-hybridized carbons (Fsp3) is 0.583. The summed E-state index contributed by atoms with van der Waals surface area (Å²) in [6, 6.07) is 2.11. The van der Waals surface area contributed by atoms with Gasteiger partial charge in [-0.3, -0.25) is 0 Å². The lowest BCUT2D eigenvalue weighted by molar-refractivity contribution is -0.154. The summed E-state index contributed by atoms with van der Waals surface area (Å²) in [5.74, 6) is -0.273. The van der Waals surface area contributed by atoms with Gasteiger partial charge in [0.05, 0.1) is 6.20 Å². The van der Waals surface area contributed by atoms with Crippen molar-refractivity contribution in [3.63, 3.8) is 0 Å². The first-order valence-electron chi connectivity index (χ1n) is 6.58. The second-order valence-corrected chi connectivity index (χ2v) is 6.80. The van der Waals surface area contributed by atoms with Crippen molar-refractivity contribution < 1.29 is 26.3 Å². The number of aromatic nitrogens is 1. The molecule has 0 aromatic carbocycles. The van der Waals surface area contributed by atoms with E-state index >= 15 is 0 Å². The van der Waals surface area contributed by atoms with Gasteiger partial charge in [0.2, 0.25) is 15.9 Å². The maximum Gasteiger partial charge on any atom is 0.422 e. The number of halogens is 3. The fourth-order valence-corrected chi connectivity index (χ4v) is 3.65. The lowest BCUT2D eigenvalue weighted by Crippen LogP contribution is -2.52. The molecule has 0 amide bonds. The Morgan fingerprint density at radius 2 is 2.18 bits per heavy atom. The molecule has 0 unspecified atom stereocenters. The zero-order valence-electron chi connectivity index (χ0n) is 11.8. The Bertz CT molecular complexity index is 604. The van der Waals surface area contributed by atoms with Crippen LogP contribution in [0.5, 0.6) is 5.88 Å². The smallest absolute Gasteiger partial charge is 0.422 e. The highest BCUT2D eigenvalue weighted by Gasteiger charge is 2.31. The predicted molar refractivity (Wildman–Crippen MR) is 72.0 cm³/mol. The SMILES string of the molecule is C[C@H]1CNCCN1S(=O)(=O)c1ccc(OCC(F)(F)F)nc1. The molecule has 1 aromatic rings. The van der Waals surface area contributed by atoms with E-state index in [-0.39, 0.29) is 16.8 Å². The highest BCUT2D eigenvalue weighted by Crippen LogP contribution is 2.21. The van der Waals surface area contributed by atoms with Crippen LogP contribution in [0.15, 0.2) is 23.2 Å². The molecular formula is C12H16F3N3O3S. The largest absolute Gasteiger partial charge is 0.468 e. The number of piperazine rings is 1. The van der Waals surface area contributed by atoms with Gasteiger partial charge < -0.3 is 10.1 Å². The maximum atomic E-state index is 12.5. The molecule has 1 aliphatic rings. The molecule has 6 nitrogen and oxygen atoms in total. The van der Waals surface area contributed by atoms with Gasteiger partial charge in [0.15, 0.2) is 6.61 Å². The van der Waals surface area contributed by atoms with E-state index in [0.717, 1.165) is 12.3 Å². The molecule has 0 bridgehead atoms. The lowest BCUT2D eigenvalue weighted by atomic mass is 10.3. The molecular weight excluding hydrogens is 323 g/mol. The average Bonchev–Trinajstić information content (AvgIpc) is 2.45. The van der Waals surface area contributed by atoms with Crippen molar-refractivity contribution in [2.45, 2.75) is 24.0 Å². The number of hydrogen-bond donors (Lipinski definition) is 1. The number of alkyl halides is 3.